The largest absolute Gasteiger partial charge is 0.508 e. The molecular formula is C16H13Cl3O3. The van der Waals surface area contributed by atoms with E-state index >= 15 is 0 Å². The molecule has 2 aromatic rings. The van der Waals surface area contributed by atoms with Crippen LogP contribution in [0.1, 0.15) is 11.1 Å². The molecule has 0 fully saturated rings. The predicted octanol–water partition coefficient (Wildman–Crippen LogP) is 5.37. The summed E-state index contributed by atoms with van der Waals surface area (Å²) in [6.45, 7) is 0. The lowest BCUT2D eigenvalue weighted by Gasteiger charge is -2.12. The summed E-state index contributed by atoms with van der Waals surface area (Å²) in [6.07, 6.45) is 0. The van der Waals surface area contributed by atoms with E-state index in [1.165, 1.54) is 26.4 Å². The molecule has 0 radical (unpaired) electrons. The number of rotatable bonds is 4. The quantitative estimate of drug-likeness (QED) is 0.746. The van der Waals surface area contributed by atoms with Crippen LogP contribution in [0.4, 0.5) is 0 Å². The third kappa shape index (κ3) is 3.43. The summed E-state index contributed by atoms with van der Waals surface area (Å²) in [5.74, 6) is 1.12. The van der Waals surface area contributed by atoms with Crippen molar-refractivity contribution in [1.82, 2.24) is 0 Å². The van der Waals surface area contributed by atoms with Gasteiger partial charge in [0.25, 0.3) is 0 Å². The topological polar surface area (TPSA) is 38.7 Å². The molecule has 0 atom stereocenters. The fourth-order valence-electron chi connectivity index (χ4n) is 1.85. The van der Waals surface area contributed by atoms with Gasteiger partial charge in [-0.3, -0.25) is 0 Å². The summed E-state index contributed by atoms with van der Waals surface area (Å²) >= 11 is 19.0. The maximum Gasteiger partial charge on any atom is 0.141 e. The molecule has 0 saturated carbocycles. The molecule has 2 aromatic carbocycles. The molecule has 1 N–H and O–H groups in total. The first kappa shape index (κ1) is 16.8. The number of ether oxygens (including phenoxy) is 2. The summed E-state index contributed by atoms with van der Waals surface area (Å²) in [5, 5.41) is 10.2. The van der Waals surface area contributed by atoms with Crippen LogP contribution >= 0.6 is 34.8 Å². The van der Waals surface area contributed by atoms with E-state index in [1.807, 2.05) is 0 Å². The van der Waals surface area contributed by atoms with Gasteiger partial charge in [0, 0.05) is 11.6 Å². The van der Waals surface area contributed by atoms with E-state index in [9.17, 15) is 5.11 Å². The van der Waals surface area contributed by atoms with Gasteiger partial charge < -0.3 is 14.6 Å². The molecule has 3 nitrogen and oxygen atoms in total. The Hall–Kier alpha value is -1.55. The minimum Gasteiger partial charge on any atom is -0.508 e. The van der Waals surface area contributed by atoms with Crippen molar-refractivity contribution < 1.29 is 14.6 Å². The van der Waals surface area contributed by atoms with Crippen molar-refractivity contribution in [3.05, 3.63) is 52.5 Å². The van der Waals surface area contributed by atoms with Crippen molar-refractivity contribution in [3.8, 4) is 17.2 Å². The van der Waals surface area contributed by atoms with Gasteiger partial charge >= 0.3 is 0 Å². The van der Waals surface area contributed by atoms with Gasteiger partial charge in [-0.2, -0.15) is 0 Å². The minimum absolute atomic E-state index is 0.144. The minimum atomic E-state index is 0.144. The first-order valence-corrected chi connectivity index (χ1v) is 7.38. The fourth-order valence-corrected chi connectivity index (χ4v) is 2.67. The summed E-state index contributed by atoms with van der Waals surface area (Å²) in [5.41, 5.74) is 1.15. The van der Waals surface area contributed by atoms with Gasteiger partial charge in [-0.15, -0.1) is 0 Å². The first-order valence-electron chi connectivity index (χ1n) is 6.24. The molecule has 6 heteroatoms. The number of benzene rings is 2. The molecule has 0 aliphatic carbocycles. The summed E-state index contributed by atoms with van der Waals surface area (Å²) in [4.78, 5) is 0. The monoisotopic (exact) mass is 358 g/mol. The SMILES string of the molecule is COc1cc(OC)c(Cl)c(/C(Cl)=C(\Cl)c2ccc(O)cc2)c1. The van der Waals surface area contributed by atoms with E-state index in [2.05, 4.69) is 0 Å². The summed E-state index contributed by atoms with van der Waals surface area (Å²) in [7, 11) is 3.04. The summed E-state index contributed by atoms with van der Waals surface area (Å²) < 4.78 is 10.4. The number of halogens is 3. The van der Waals surface area contributed by atoms with Crippen LogP contribution in [0.5, 0.6) is 17.2 Å². The molecule has 0 saturated heterocycles. The number of methoxy groups -OCH3 is 2. The van der Waals surface area contributed by atoms with E-state index in [0.29, 0.717) is 32.7 Å². The van der Waals surface area contributed by atoms with Gasteiger partial charge in [-0.1, -0.05) is 34.8 Å². The van der Waals surface area contributed by atoms with Crippen molar-refractivity contribution in [2.75, 3.05) is 14.2 Å². The number of phenols is 1. The Labute approximate surface area is 143 Å². The fraction of sp³-hybridized carbons (Fsp3) is 0.125. The molecule has 0 spiro atoms. The molecule has 2 rings (SSSR count). The predicted molar refractivity (Wildman–Crippen MR) is 91.2 cm³/mol. The molecular weight excluding hydrogens is 347 g/mol. The van der Waals surface area contributed by atoms with E-state index in [0.717, 1.165) is 0 Å². The Morgan fingerprint density at radius 3 is 2.14 bits per heavy atom. The van der Waals surface area contributed by atoms with Crippen molar-refractivity contribution >= 4 is 44.9 Å². The number of phenolic OH excluding ortho intramolecular Hbond substituents is 1. The van der Waals surface area contributed by atoms with E-state index in [4.69, 9.17) is 44.3 Å². The maximum atomic E-state index is 9.33. The normalized spacial score (nSPS) is 11.9. The van der Waals surface area contributed by atoms with Gasteiger partial charge in [-0.05, 0) is 35.9 Å². The zero-order valence-corrected chi connectivity index (χ0v) is 14.1. The Kier molecular flexibility index (Phi) is 5.46. The Balaban J connectivity index is 2.58. The van der Waals surface area contributed by atoms with Crippen molar-refractivity contribution in [3.63, 3.8) is 0 Å². The van der Waals surface area contributed by atoms with E-state index in [1.54, 1.807) is 24.3 Å². The van der Waals surface area contributed by atoms with Crippen LogP contribution in [0.2, 0.25) is 5.02 Å². The van der Waals surface area contributed by atoms with Crippen LogP contribution in [0.15, 0.2) is 36.4 Å². The van der Waals surface area contributed by atoms with Crippen LogP contribution in [0, 0.1) is 0 Å². The van der Waals surface area contributed by atoms with E-state index < -0.39 is 0 Å². The Morgan fingerprint density at radius 2 is 1.59 bits per heavy atom. The molecule has 0 aliphatic rings. The van der Waals surface area contributed by atoms with Gasteiger partial charge in [0.1, 0.15) is 17.2 Å². The van der Waals surface area contributed by atoms with Crippen LogP contribution < -0.4 is 9.47 Å². The maximum absolute atomic E-state index is 9.33. The van der Waals surface area contributed by atoms with Gasteiger partial charge in [0.15, 0.2) is 0 Å². The molecule has 0 amide bonds. The lowest BCUT2D eigenvalue weighted by atomic mass is 10.1. The summed E-state index contributed by atoms with van der Waals surface area (Å²) in [6, 6.07) is 9.70. The van der Waals surface area contributed by atoms with Crippen LogP contribution in [0.25, 0.3) is 10.1 Å². The third-order valence-electron chi connectivity index (χ3n) is 3.02. The number of hydrogen-bond acceptors (Lipinski definition) is 3. The molecule has 22 heavy (non-hydrogen) atoms. The molecule has 0 unspecified atom stereocenters. The highest BCUT2D eigenvalue weighted by Crippen LogP contribution is 2.42. The highest BCUT2D eigenvalue weighted by molar-refractivity contribution is 6.66. The Morgan fingerprint density at radius 1 is 0.955 bits per heavy atom. The van der Waals surface area contributed by atoms with E-state index in [-0.39, 0.29) is 10.8 Å². The Bertz CT molecular complexity index is 709. The van der Waals surface area contributed by atoms with Crippen LogP contribution in [-0.2, 0) is 0 Å². The van der Waals surface area contributed by atoms with Crippen molar-refractivity contribution in [2.24, 2.45) is 0 Å². The zero-order chi connectivity index (χ0) is 16.3. The highest BCUT2D eigenvalue weighted by Gasteiger charge is 2.16. The average molecular weight is 360 g/mol. The second kappa shape index (κ2) is 7.14. The number of hydrogen-bond donors (Lipinski definition) is 1. The third-order valence-corrected chi connectivity index (χ3v) is 4.30. The smallest absolute Gasteiger partial charge is 0.141 e. The molecule has 0 heterocycles. The van der Waals surface area contributed by atoms with Gasteiger partial charge in [-0.25, -0.2) is 0 Å². The molecule has 116 valence electrons. The lowest BCUT2D eigenvalue weighted by molar-refractivity contribution is 0.394. The first-order chi connectivity index (χ1) is 10.5. The second-order valence-electron chi connectivity index (χ2n) is 4.37. The van der Waals surface area contributed by atoms with Crippen molar-refractivity contribution in [2.45, 2.75) is 0 Å². The molecule has 0 aromatic heterocycles. The van der Waals surface area contributed by atoms with Gasteiger partial charge in [0.2, 0.25) is 0 Å². The second-order valence-corrected chi connectivity index (χ2v) is 5.50. The molecule has 0 bridgehead atoms. The number of aromatic hydroxyl groups is 1. The highest BCUT2D eigenvalue weighted by atomic mass is 35.5. The zero-order valence-electron chi connectivity index (χ0n) is 11.9. The average Bonchev–Trinajstić information content (AvgIpc) is 2.54. The standard InChI is InChI=1S/C16H13Cl3O3/c1-21-11-7-12(15(18)13(8-11)22-2)16(19)14(17)9-3-5-10(20)6-4-9/h3-8,20H,1-2H3/b16-14+. The molecule has 0 aliphatic heterocycles. The lowest BCUT2D eigenvalue weighted by Crippen LogP contribution is -1.92. The van der Waals surface area contributed by atoms with Gasteiger partial charge in [0.05, 0.1) is 29.3 Å². The van der Waals surface area contributed by atoms with Crippen molar-refractivity contribution in [1.29, 1.82) is 0 Å². The van der Waals surface area contributed by atoms with Crippen LogP contribution in [0.3, 0.4) is 0 Å². The van der Waals surface area contributed by atoms with Crippen LogP contribution in [-0.4, -0.2) is 19.3 Å².